The van der Waals surface area contributed by atoms with E-state index in [1.807, 2.05) is 42.5 Å². The molecule has 0 unspecified atom stereocenters. The van der Waals surface area contributed by atoms with Gasteiger partial charge in [-0.05, 0) is 70.6 Å². The molecule has 0 spiro atoms. The molecule has 176 valence electrons. The van der Waals surface area contributed by atoms with Crippen molar-refractivity contribution in [3.8, 4) is 16.9 Å². The van der Waals surface area contributed by atoms with E-state index in [-0.39, 0.29) is 18.2 Å². The van der Waals surface area contributed by atoms with E-state index in [0.717, 1.165) is 27.9 Å². The molecule has 5 nitrogen and oxygen atoms in total. The Morgan fingerprint density at radius 3 is 2.68 bits per heavy atom. The molecule has 1 aliphatic rings. The zero-order chi connectivity index (χ0) is 24.1. The van der Waals surface area contributed by atoms with Crippen molar-refractivity contribution in [2.75, 3.05) is 0 Å². The standard InChI is InChI=1S/C28H28FNO4/c1-18(2)26-15-24(33-17-21-5-3-4-12-30-21)16-27(19-6-8-20(29)9-7-19)25(26)11-10-23-13-22(31)14-28(32)34-23/h3-12,15-16,18,22-23,31H,13-14,17H2,1-2H3/b11-10+/t22-,23-/m1/s1. The molecule has 2 atom stereocenters. The smallest absolute Gasteiger partial charge is 0.309 e. The lowest BCUT2D eigenvalue weighted by Gasteiger charge is -2.24. The van der Waals surface area contributed by atoms with E-state index in [1.165, 1.54) is 12.1 Å². The number of aliphatic hydroxyl groups is 1. The van der Waals surface area contributed by atoms with Crippen molar-refractivity contribution >= 4 is 12.0 Å². The Bertz CT molecular complexity index is 1160. The van der Waals surface area contributed by atoms with Crippen molar-refractivity contribution in [1.29, 1.82) is 0 Å². The molecule has 1 fully saturated rings. The van der Waals surface area contributed by atoms with Crippen molar-refractivity contribution in [2.45, 2.75) is 51.4 Å². The van der Waals surface area contributed by atoms with Crippen LogP contribution in [0.3, 0.4) is 0 Å². The van der Waals surface area contributed by atoms with Gasteiger partial charge in [-0.2, -0.15) is 0 Å². The lowest BCUT2D eigenvalue weighted by atomic mass is 9.89. The maximum Gasteiger partial charge on any atom is 0.309 e. The Morgan fingerprint density at radius 1 is 1.21 bits per heavy atom. The second kappa shape index (κ2) is 10.6. The highest BCUT2D eigenvalue weighted by Crippen LogP contribution is 2.36. The van der Waals surface area contributed by atoms with Gasteiger partial charge in [-0.3, -0.25) is 9.78 Å². The quantitative estimate of drug-likeness (QED) is 0.459. The van der Waals surface area contributed by atoms with Gasteiger partial charge in [0.15, 0.2) is 0 Å². The number of nitrogens with zero attached hydrogens (tertiary/aromatic N) is 1. The van der Waals surface area contributed by atoms with Gasteiger partial charge in [-0.1, -0.05) is 38.1 Å². The van der Waals surface area contributed by atoms with Crippen molar-refractivity contribution in [3.63, 3.8) is 0 Å². The zero-order valence-corrected chi connectivity index (χ0v) is 19.3. The molecule has 1 aliphatic heterocycles. The van der Waals surface area contributed by atoms with Gasteiger partial charge in [-0.15, -0.1) is 0 Å². The van der Waals surface area contributed by atoms with Crippen LogP contribution in [0.4, 0.5) is 4.39 Å². The molecule has 6 heteroatoms. The molecular formula is C28H28FNO4. The summed E-state index contributed by atoms with van der Waals surface area (Å²) in [6.45, 7) is 4.51. The molecule has 1 N–H and O–H groups in total. The normalized spacial score (nSPS) is 18.3. The predicted octanol–water partition coefficient (Wildman–Crippen LogP) is 5.67. The summed E-state index contributed by atoms with van der Waals surface area (Å²) < 4.78 is 25.1. The first-order chi connectivity index (χ1) is 16.4. The van der Waals surface area contributed by atoms with Gasteiger partial charge in [0.25, 0.3) is 0 Å². The Balaban J connectivity index is 1.73. The van der Waals surface area contributed by atoms with E-state index in [1.54, 1.807) is 18.3 Å². The molecular weight excluding hydrogens is 433 g/mol. The van der Waals surface area contributed by atoms with Gasteiger partial charge in [0, 0.05) is 12.6 Å². The number of rotatable bonds is 7. The number of ether oxygens (including phenoxy) is 2. The fourth-order valence-corrected chi connectivity index (χ4v) is 4.03. The molecule has 2 aromatic carbocycles. The maximum absolute atomic E-state index is 13.6. The number of pyridine rings is 1. The number of cyclic esters (lactones) is 1. The van der Waals surface area contributed by atoms with Crippen LogP contribution < -0.4 is 4.74 Å². The molecule has 1 aromatic heterocycles. The first kappa shape index (κ1) is 23.6. The van der Waals surface area contributed by atoms with Crippen molar-refractivity contribution in [1.82, 2.24) is 4.98 Å². The summed E-state index contributed by atoms with van der Waals surface area (Å²) in [5, 5.41) is 9.95. The second-order valence-corrected chi connectivity index (χ2v) is 8.73. The minimum atomic E-state index is -0.709. The van der Waals surface area contributed by atoms with Crippen LogP contribution in [0, 0.1) is 5.82 Å². The minimum absolute atomic E-state index is 0.0186. The molecule has 0 amide bonds. The first-order valence-electron chi connectivity index (χ1n) is 11.4. The van der Waals surface area contributed by atoms with Crippen LogP contribution in [0.5, 0.6) is 5.75 Å². The fraction of sp³-hybridized carbons (Fsp3) is 0.286. The third kappa shape index (κ3) is 5.88. The van der Waals surface area contributed by atoms with Crippen LogP contribution in [-0.4, -0.2) is 28.3 Å². The third-order valence-corrected chi connectivity index (χ3v) is 5.74. The highest BCUT2D eigenvalue weighted by Gasteiger charge is 2.25. The first-order valence-corrected chi connectivity index (χ1v) is 11.4. The molecule has 2 heterocycles. The number of aliphatic hydroxyl groups excluding tert-OH is 1. The van der Waals surface area contributed by atoms with Crippen molar-refractivity contribution < 1.29 is 23.8 Å². The number of carbonyl (C=O) groups is 1. The highest BCUT2D eigenvalue weighted by atomic mass is 19.1. The van der Waals surface area contributed by atoms with Crippen molar-refractivity contribution in [3.05, 3.63) is 89.5 Å². The summed E-state index contributed by atoms with van der Waals surface area (Å²) in [5.74, 6) is 0.132. The molecule has 0 aliphatic carbocycles. The summed E-state index contributed by atoms with van der Waals surface area (Å²) in [4.78, 5) is 16.1. The molecule has 0 saturated carbocycles. The summed E-state index contributed by atoms with van der Waals surface area (Å²) in [6, 6.07) is 15.9. The van der Waals surface area contributed by atoms with Crippen LogP contribution in [0.1, 0.15) is 49.4 Å². The molecule has 3 aromatic rings. The average Bonchev–Trinajstić information content (AvgIpc) is 2.82. The summed E-state index contributed by atoms with van der Waals surface area (Å²) in [7, 11) is 0. The number of hydrogen-bond acceptors (Lipinski definition) is 5. The van der Waals surface area contributed by atoms with Crippen LogP contribution in [-0.2, 0) is 16.1 Å². The largest absolute Gasteiger partial charge is 0.487 e. The van der Waals surface area contributed by atoms with E-state index in [0.29, 0.717) is 18.8 Å². The zero-order valence-electron chi connectivity index (χ0n) is 19.3. The number of aromatic nitrogens is 1. The van der Waals surface area contributed by atoms with E-state index < -0.39 is 18.2 Å². The van der Waals surface area contributed by atoms with Crippen LogP contribution in [0.15, 0.2) is 66.9 Å². The summed E-state index contributed by atoms with van der Waals surface area (Å²) >= 11 is 0. The van der Waals surface area contributed by atoms with E-state index in [4.69, 9.17) is 9.47 Å². The molecule has 0 bridgehead atoms. The van der Waals surface area contributed by atoms with Gasteiger partial charge < -0.3 is 14.6 Å². The molecule has 0 radical (unpaired) electrons. The summed E-state index contributed by atoms with van der Waals surface area (Å²) in [6.07, 6.45) is 4.62. The monoisotopic (exact) mass is 461 g/mol. The highest BCUT2D eigenvalue weighted by molar-refractivity contribution is 5.79. The summed E-state index contributed by atoms with van der Waals surface area (Å²) in [5.41, 5.74) is 4.51. The molecule has 34 heavy (non-hydrogen) atoms. The fourth-order valence-electron chi connectivity index (χ4n) is 4.03. The van der Waals surface area contributed by atoms with Gasteiger partial charge >= 0.3 is 5.97 Å². The lowest BCUT2D eigenvalue weighted by molar-refractivity contribution is -0.156. The third-order valence-electron chi connectivity index (χ3n) is 5.74. The van der Waals surface area contributed by atoms with E-state index >= 15 is 0 Å². The van der Waals surface area contributed by atoms with Gasteiger partial charge in [0.1, 0.15) is 24.3 Å². The van der Waals surface area contributed by atoms with Gasteiger partial charge in [0.2, 0.25) is 0 Å². The van der Waals surface area contributed by atoms with Crippen LogP contribution in [0.25, 0.3) is 17.2 Å². The van der Waals surface area contributed by atoms with Crippen molar-refractivity contribution in [2.24, 2.45) is 0 Å². The molecule has 4 rings (SSSR count). The Labute approximate surface area is 198 Å². The lowest BCUT2D eigenvalue weighted by Crippen LogP contribution is -2.31. The van der Waals surface area contributed by atoms with E-state index in [9.17, 15) is 14.3 Å². The topological polar surface area (TPSA) is 68.7 Å². The minimum Gasteiger partial charge on any atom is -0.487 e. The van der Waals surface area contributed by atoms with Crippen LogP contribution in [0.2, 0.25) is 0 Å². The predicted molar refractivity (Wildman–Crippen MR) is 129 cm³/mol. The number of halogens is 1. The van der Waals surface area contributed by atoms with Crippen LogP contribution >= 0.6 is 0 Å². The SMILES string of the molecule is CC(C)c1cc(OCc2ccccn2)cc(-c2ccc(F)cc2)c1/C=C/[C@@H]1C[C@@H](O)CC(=O)O1. The second-order valence-electron chi connectivity index (χ2n) is 8.73. The molecule has 1 saturated heterocycles. The number of benzene rings is 2. The Hall–Kier alpha value is -3.51. The Kier molecular flexibility index (Phi) is 7.38. The average molecular weight is 462 g/mol. The van der Waals surface area contributed by atoms with Gasteiger partial charge in [-0.25, -0.2) is 4.39 Å². The van der Waals surface area contributed by atoms with Gasteiger partial charge in [0.05, 0.1) is 18.2 Å². The number of hydrogen-bond donors (Lipinski definition) is 1. The van der Waals surface area contributed by atoms with E-state index in [2.05, 4.69) is 18.8 Å². The number of esters is 1. The Morgan fingerprint density at radius 2 is 2.00 bits per heavy atom. The number of carbonyl (C=O) groups excluding carboxylic acids is 1. The maximum atomic E-state index is 13.6.